The van der Waals surface area contributed by atoms with Crippen LogP contribution in [0.4, 0.5) is 0 Å². The molecule has 1 aromatic carbocycles. The van der Waals surface area contributed by atoms with Gasteiger partial charge < -0.3 is 9.55 Å². The molecule has 3 heteroatoms. The molecule has 2 unspecified atom stereocenters. The van der Waals surface area contributed by atoms with Gasteiger partial charge >= 0.3 is 0 Å². The molecule has 3 rings (SSSR count). The van der Waals surface area contributed by atoms with Crippen molar-refractivity contribution in [2.24, 2.45) is 5.92 Å². The quantitative estimate of drug-likeness (QED) is 0.751. The summed E-state index contributed by atoms with van der Waals surface area (Å²) in [5.41, 5.74) is 3.78. The number of aromatic nitrogens is 2. The first-order valence-corrected chi connectivity index (χ1v) is 7.81. The van der Waals surface area contributed by atoms with Crippen molar-refractivity contribution < 1.29 is 0 Å². The lowest BCUT2D eigenvalue weighted by atomic mass is 9.84. The Balaban J connectivity index is 2.07. The molecule has 0 amide bonds. The second-order valence-corrected chi connectivity index (χ2v) is 6.25. The smallest absolute Gasteiger partial charge is 0.178 e. The highest BCUT2D eigenvalue weighted by atomic mass is 32.1. The SMILES string of the molecule is CCC1CCCC(n2c(=S)[nH]c3c(C)cccc32)C1. The number of rotatable bonds is 2. The third kappa shape index (κ3) is 2.25. The average molecular weight is 274 g/mol. The number of nitrogens with one attached hydrogen (secondary N) is 1. The highest BCUT2D eigenvalue weighted by molar-refractivity contribution is 7.71. The summed E-state index contributed by atoms with van der Waals surface area (Å²) in [5, 5.41) is 0. The van der Waals surface area contributed by atoms with Gasteiger partial charge in [-0.05, 0) is 49.5 Å². The maximum Gasteiger partial charge on any atom is 0.178 e. The van der Waals surface area contributed by atoms with Gasteiger partial charge in [0.15, 0.2) is 4.77 Å². The molecule has 1 aromatic heterocycles. The summed E-state index contributed by atoms with van der Waals surface area (Å²) in [6.45, 7) is 4.46. The zero-order valence-electron chi connectivity index (χ0n) is 11.8. The summed E-state index contributed by atoms with van der Waals surface area (Å²) < 4.78 is 3.27. The molecule has 1 heterocycles. The number of aromatic amines is 1. The Hall–Kier alpha value is -1.09. The van der Waals surface area contributed by atoms with Crippen LogP contribution in [0.3, 0.4) is 0 Å². The summed E-state index contributed by atoms with van der Waals surface area (Å²) in [4.78, 5) is 3.40. The Morgan fingerprint density at radius 3 is 3.00 bits per heavy atom. The molecule has 0 spiro atoms. The Morgan fingerprint density at radius 2 is 2.21 bits per heavy atom. The van der Waals surface area contributed by atoms with Gasteiger partial charge in [-0.1, -0.05) is 38.3 Å². The van der Waals surface area contributed by atoms with Crippen LogP contribution < -0.4 is 0 Å². The van der Waals surface area contributed by atoms with Crippen molar-refractivity contribution in [1.82, 2.24) is 9.55 Å². The zero-order valence-corrected chi connectivity index (χ0v) is 12.6. The largest absolute Gasteiger partial charge is 0.330 e. The van der Waals surface area contributed by atoms with Gasteiger partial charge in [0, 0.05) is 6.04 Å². The Bertz CT molecular complexity index is 638. The lowest BCUT2D eigenvalue weighted by Crippen LogP contribution is -2.19. The first-order chi connectivity index (χ1) is 9.20. The molecule has 1 aliphatic carbocycles. The van der Waals surface area contributed by atoms with Crippen molar-refractivity contribution in [3.63, 3.8) is 0 Å². The molecule has 2 aromatic rings. The standard InChI is InChI=1S/C16H22N2S/c1-3-12-7-5-8-13(10-12)18-14-9-4-6-11(2)15(14)17-16(18)19/h4,6,9,12-13H,3,5,7-8,10H2,1-2H3,(H,17,19). The first-order valence-electron chi connectivity index (χ1n) is 7.40. The van der Waals surface area contributed by atoms with Gasteiger partial charge in [-0.15, -0.1) is 0 Å². The fourth-order valence-corrected chi connectivity index (χ4v) is 3.87. The lowest BCUT2D eigenvalue weighted by Gasteiger charge is -2.29. The van der Waals surface area contributed by atoms with Crippen LogP contribution in [0.5, 0.6) is 0 Å². The molecule has 19 heavy (non-hydrogen) atoms. The number of hydrogen-bond acceptors (Lipinski definition) is 1. The minimum absolute atomic E-state index is 0.585. The summed E-state index contributed by atoms with van der Waals surface area (Å²) in [5.74, 6) is 0.871. The molecular formula is C16H22N2S. The number of H-pyrrole nitrogens is 1. The molecule has 1 N–H and O–H groups in total. The summed E-state index contributed by atoms with van der Waals surface area (Å²) in [7, 11) is 0. The monoisotopic (exact) mass is 274 g/mol. The van der Waals surface area contributed by atoms with E-state index in [-0.39, 0.29) is 0 Å². The molecule has 1 fully saturated rings. The van der Waals surface area contributed by atoms with E-state index < -0.39 is 0 Å². The van der Waals surface area contributed by atoms with Crippen molar-refractivity contribution in [2.45, 2.75) is 52.0 Å². The van der Waals surface area contributed by atoms with Gasteiger partial charge in [-0.25, -0.2) is 0 Å². The van der Waals surface area contributed by atoms with E-state index in [4.69, 9.17) is 12.2 Å². The van der Waals surface area contributed by atoms with Crippen molar-refractivity contribution in [3.8, 4) is 0 Å². The lowest BCUT2D eigenvalue weighted by molar-refractivity contribution is 0.264. The average Bonchev–Trinajstić information content (AvgIpc) is 2.77. The second kappa shape index (κ2) is 5.12. The van der Waals surface area contributed by atoms with Crippen LogP contribution in [0.25, 0.3) is 11.0 Å². The van der Waals surface area contributed by atoms with E-state index in [9.17, 15) is 0 Å². The number of hydrogen-bond donors (Lipinski definition) is 1. The van der Waals surface area contributed by atoms with Crippen LogP contribution in [0.15, 0.2) is 18.2 Å². The van der Waals surface area contributed by atoms with E-state index >= 15 is 0 Å². The number of benzene rings is 1. The van der Waals surface area contributed by atoms with E-state index in [0.29, 0.717) is 6.04 Å². The van der Waals surface area contributed by atoms with Crippen LogP contribution in [-0.4, -0.2) is 9.55 Å². The number of para-hydroxylation sites is 1. The van der Waals surface area contributed by atoms with Gasteiger partial charge in [-0.3, -0.25) is 0 Å². The molecule has 2 nitrogen and oxygen atoms in total. The Labute approximate surface area is 119 Å². The number of fused-ring (bicyclic) bond motifs is 1. The number of aryl methyl sites for hydroxylation is 1. The van der Waals surface area contributed by atoms with Crippen molar-refractivity contribution in [3.05, 3.63) is 28.5 Å². The van der Waals surface area contributed by atoms with E-state index in [1.54, 1.807) is 0 Å². The maximum atomic E-state index is 5.58. The van der Waals surface area contributed by atoms with Gasteiger partial charge in [0.25, 0.3) is 0 Å². The van der Waals surface area contributed by atoms with Gasteiger partial charge in [0.2, 0.25) is 0 Å². The predicted octanol–water partition coefficient (Wildman–Crippen LogP) is 5.15. The highest BCUT2D eigenvalue weighted by Gasteiger charge is 2.24. The van der Waals surface area contributed by atoms with Gasteiger partial charge in [0.05, 0.1) is 11.0 Å². The van der Waals surface area contributed by atoms with Crippen molar-refractivity contribution >= 4 is 23.3 Å². The highest BCUT2D eigenvalue weighted by Crippen LogP contribution is 2.36. The summed E-state index contributed by atoms with van der Waals surface area (Å²) in [6, 6.07) is 7.07. The van der Waals surface area contributed by atoms with Gasteiger partial charge in [0.1, 0.15) is 0 Å². The van der Waals surface area contributed by atoms with Crippen LogP contribution >= 0.6 is 12.2 Å². The summed E-state index contributed by atoms with van der Waals surface area (Å²) >= 11 is 5.58. The third-order valence-electron chi connectivity index (χ3n) is 4.66. The van der Waals surface area contributed by atoms with Crippen LogP contribution in [-0.2, 0) is 0 Å². The zero-order chi connectivity index (χ0) is 13.4. The fraction of sp³-hybridized carbons (Fsp3) is 0.562. The molecule has 0 bridgehead atoms. The van der Waals surface area contributed by atoms with E-state index in [1.165, 1.54) is 48.7 Å². The molecule has 0 saturated heterocycles. The fourth-order valence-electron chi connectivity index (χ4n) is 3.52. The third-order valence-corrected chi connectivity index (χ3v) is 4.96. The van der Waals surface area contributed by atoms with Crippen LogP contribution in [0.1, 0.15) is 50.6 Å². The van der Waals surface area contributed by atoms with Crippen molar-refractivity contribution in [1.29, 1.82) is 0 Å². The Kier molecular flexibility index (Phi) is 3.48. The summed E-state index contributed by atoms with van der Waals surface area (Å²) in [6.07, 6.45) is 6.58. The topological polar surface area (TPSA) is 20.7 Å². The normalized spacial score (nSPS) is 23.9. The molecular weight excluding hydrogens is 252 g/mol. The van der Waals surface area contributed by atoms with E-state index in [1.807, 2.05) is 0 Å². The Morgan fingerprint density at radius 1 is 1.37 bits per heavy atom. The number of nitrogens with zero attached hydrogens (tertiary/aromatic N) is 1. The van der Waals surface area contributed by atoms with Crippen LogP contribution in [0, 0.1) is 17.6 Å². The molecule has 102 valence electrons. The minimum atomic E-state index is 0.585. The molecule has 0 radical (unpaired) electrons. The van der Waals surface area contributed by atoms with E-state index in [0.717, 1.165) is 10.7 Å². The van der Waals surface area contributed by atoms with Crippen LogP contribution in [0.2, 0.25) is 0 Å². The van der Waals surface area contributed by atoms with E-state index in [2.05, 4.69) is 41.6 Å². The van der Waals surface area contributed by atoms with Gasteiger partial charge in [-0.2, -0.15) is 0 Å². The predicted molar refractivity (Wildman–Crippen MR) is 83.1 cm³/mol. The number of imidazole rings is 1. The minimum Gasteiger partial charge on any atom is -0.330 e. The molecule has 2 atom stereocenters. The first kappa shape index (κ1) is 12.9. The molecule has 0 aliphatic heterocycles. The second-order valence-electron chi connectivity index (χ2n) is 5.86. The molecule has 1 aliphatic rings. The van der Waals surface area contributed by atoms with Crippen molar-refractivity contribution in [2.75, 3.05) is 0 Å². The molecule has 1 saturated carbocycles. The maximum absolute atomic E-state index is 5.58.